The highest BCUT2D eigenvalue weighted by atomic mass is 16.5. The van der Waals surface area contributed by atoms with Gasteiger partial charge >= 0.3 is 0 Å². The van der Waals surface area contributed by atoms with Crippen LogP contribution in [-0.2, 0) is 10.8 Å². The van der Waals surface area contributed by atoms with Crippen LogP contribution in [0.25, 0.3) is 11.6 Å². The van der Waals surface area contributed by atoms with Crippen molar-refractivity contribution in [3.63, 3.8) is 0 Å². The number of fused-ring (bicyclic) bond motifs is 1. The van der Waals surface area contributed by atoms with Crippen molar-refractivity contribution in [3.8, 4) is 5.75 Å². The van der Waals surface area contributed by atoms with Crippen LogP contribution >= 0.6 is 0 Å². The summed E-state index contributed by atoms with van der Waals surface area (Å²) in [6.07, 6.45) is 7.04. The van der Waals surface area contributed by atoms with Gasteiger partial charge in [-0.2, -0.15) is 0 Å². The Balaban J connectivity index is 2.21. The first kappa shape index (κ1) is 17.8. The van der Waals surface area contributed by atoms with Crippen LogP contribution in [0.5, 0.6) is 5.75 Å². The lowest BCUT2D eigenvalue weighted by molar-refractivity contribution is 0.328. The zero-order chi connectivity index (χ0) is 18.2. The number of methoxy groups -OCH3 is 1. The minimum atomic E-state index is 0.178. The minimum absolute atomic E-state index is 0.178. The average Bonchev–Trinajstić information content (AvgIpc) is 3.09. The van der Waals surface area contributed by atoms with Crippen LogP contribution in [0.2, 0.25) is 0 Å². The molecule has 0 spiro atoms. The molecule has 0 unspecified atom stereocenters. The molecule has 0 N–H and O–H groups in total. The molecule has 0 fully saturated rings. The number of hydrogen-bond donors (Lipinski definition) is 0. The Kier molecular flexibility index (Phi) is 4.52. The first-order valence-electron chi connectivity index (χ1n) is 9.13. The van der Waals surface area contributed by atoms with Crippen LogP contribution in [0, 0.1) is 0 Å². The van der Waals surface area contributed by atoms with Crippen LogP contribution in [0.15, 0.2) is 28.9 Å². The molecule has 3 rings (SSSR count). The van der Waals surface area contributed by atoms with Crippen molar-refractivity contribution in [1.29, 1.82) is 0 Å². The number of rotatable bonds is 4. The maximum Gasteiger partial charge on any atom is 0.159 e. The predicted octanol–water partition coefficient (Wildman–Crippen LogP) is 5.98. The van der Waals surface area contributed by atoms with Gasteiger partial charge in [0.2, 0.25) is 0 Å². The third kappa shape index (κ3) is 3.24. The fourth-order valence-electron chi connectivity index (χ4n) is 3.86. The summed E-state index contributed by atoms with van der Waals surface area (Å²) in [5.41, 5.74) is 5.58. The summed E-state index contributed by atoms with van der Waals surface area (Å²) in [4.78, 5) is 0. The van der Waals surface area contributed by atoms with Crippen molar-refractivity contribution in [2.45, 2.75) is 64.7 Å². The Bertz CT molecular complexity index is 783. The molecule has 0 radical (unpaired) electrons. The molecule has 25 heavy (non-hydrogen) atoms. The number of allylic oxidation sites excluding steroid dienone is 1. The number of ether oxygens (including phenoxy) is 1. The first-order valence-corrected chi connectivity index (χ1v) is 9.13. The van der Waals surface area contributed by atoms with Crippen molar-refractivity contribution in [2.24, 2.45) is 0 Å². The van der Waals surface area contributed by atoms with E-state index in [1.807, 2.05) is 6.07 Å². The van der Waals surface area contributed by atoms with E-state index in [4.69, 9.17) is 9.26 Å². The fourth-order valence-corrected chi connectivity index (χ4v) is 3.86. The van der Waals surface area contributed by atoms with Gasteiger partial charge in [0.15, 0.2) is 5.76 Å². The molecule has 2 aromatic rings. The normalized spacial score (nSPS) is 18.7. The van der Waals surface area contributed by atoms with E-state index in [-0.39, 0.29) is 10.8 Å². The second-order valence-electron chi connectivity index (χ2n) is 8.30. The van der Waals surface area contributed by atoms with E-state index < -0.39 is 0 Å². The standard InChI is InChI=1S/C22H29NO2/c1-7-15(12-16-8-11-23-25-16)17-13-18-19(14-20(17)24-6)22(4,5)10-9-21(18,2)3/h8,11-14H,7,9-10H2,1-6H3/b15-12+. The van der Waals surface area contributed by atoms with Crippen molar-refractivity contribution in [1.82, 2.24) is 5.16 Å². The van der Waals surface area contributed by atoms with Crippen LogP contribution in [0.1, 0.15) is 76.3 Å². The Hall–Kier alpha value is -2.03. The quantitative estimate of drug-likeness (QED) is 0.687. The van der Waals surface area contributed by atoms with E-state index in [1.54, 1.807) is 13.3 Å². The van der Waals surface area contributed by atoms with Crippen molar-refractivity contribution < 1.29 is 9.26 Å². The lowest BCUT2D eigenvalue weighted by Crippen LogP contribution is -2.34. The molecule has 1 heterocycles. The SMILES string of the molecule is CC/C(=C\c1ccno1)c1cc2c(cc1OC)C(C)(C)CCC2(C)C. The summed E-state index contributed by atoms with van der Waals surface area (Å²) in [5.74, 6) is 1.72. The molecule has 1 aliphatic carbocycles. The second-order valence-corrected chi connectivity index (χ2v) is 8.30. The van der Waals surface area contributed by atoms with Crippen LogP contribution in [-0.4, -0.2) is 12.3 Å². The predicted molar refractivity (Wildman–Crippen MR) is 103 cm³/mol. The molecular weight excluding hydrogens is 310 g/mol. The average molecular weight is 339 g/mol. The highest BCUT2D eigenvalue weighted by molar-refractivity contribution is 5.83. The molecule has 0 aliphatic heterocycles. The molecule has 3 heteroatoms. The molecule has 0 saturated heterocycles. The Morgan fingerprint density at radius 1 is 1.16 bits per heavy atom. The van der Waals surface area contributed by atoms with E-state index in [1.165, 1.54) is 29.5 Å². The van der Waals surface area contributed by atoms with Gasteiger partial charge in [-0.05, 0) is 65.0 Å². The van der Waals surface area contributed by atoms with Gasteiger partial charge in [0, 0.05) is 11.6 Å². The van der Waals surface area contributed by atoms with E-state index in [2.05, 4.69) is 58.0 Å². The van der Waals surface area contributed by atoms with Gasteiger partial charge in [0.25, 0.3) is 0 Å². The summed E-state index contributed by atoms with van der Waals surface area (Å²) in [6.45, 7) is 11.5. The third-order valence-electron chi connectivity index (χ3n) is 5.67. The van der Waals surface area contributed by atoms with Crippen molar-refractivity contribution in [2.75, 3.05) is 7.11 Å². The summed E-state index contributed by atoms with van der Waals surface area (Å²) in [7, 11) is 1.76. The van der Waals surface area contributed by atoms with Crippen LogP contribution in [0.4, 0.5) is 0 Å². The highest BCUT2D eigenvalue weighted by Gasteiger charge is 2.38. The van der Waals surface area contributed by atoms with Crippen molar-refractivity contribution >= 4 is 11.6 Å². The molecule has 1 aromatic carbocycles. The van der Waals surface area contributed by atoms with Gasteiger partial charge in [-0.1, -0.05) is 39.8 Å². The molecule has 1 aromatic heterocycles. The Morgan fingerprint density at radius 3 is 2.32 bits per heavy atom. The molecule has 3 nitrogen and oxygen atoms in total. The lowest BCUT2D eigenvalue weighted by Gasteiger charge is -2.42. The Morgan fingerprint density at radius 2 is 1.80 bits per heavy atom. The first-order chi connectivity index (χ1) is 11.8. The number of hydrogen-bond acceptors (Lipinski definition) is 3. The topological polar surface area (TPSA) is 35.3 Å². The van der Waals surface area contributed by atoms with Crippen molar-refractivity contribution in [3.05, 3.63) is 46.8 Å². The van der Waals surface area contributed by atoms with Gasteiger partial charge in [-0.25, -0.2) is 0 Å². The van der Waals surface area contributed by atoms with Gasteiger partial charge < -0.3 is 9.26 Å². The summed E-state index contributed by atoms with van der Waals surface area (Å²) in [6, 6.07) is 6.49. The fraction of sp³-hybridized carbons (Fsp3) is 0.500. The summed E-state index contributed by atoms with van der Waals surface area (Å²) < 4.78 is 11.1. The molecule has 0 saturated carbocycles. The van der Waals surface area contributed by atoms with Gasteiger partial charge in [-0.15, -0.1) is 0 Å². The zero-order valence-electron chi connectivity index (χ0n) is 16.3. The smallest absolute Gasteiger partial charge is 0.159 e. The largest absolute Gasteiger partial charge is 0.496 e. The maximum absolute atomic E-state index is 5.79. The molecule has 134 valence electrons. The number of aromatic nitrogens is 1. The van der Waals surface area contributed by atoms with E-state index in [9.17, 15) is 0 Å². The second kappa shape index (κ2) is 6.36. The molecule has 0 amide bonds. The Labute approximate surface area is 151 Å². The van der Waals surface area contributed by atoms with Gasteiger partial charge in [0.1, 0.15) is 5.75 Å². The van der Waals surface area contributed by atoms with Gasteiger partial charge in [-0.3, -0.25) is 0 Å². The highest BCUT2D eigenvalue weighted by Crippen LogP contribution is 2.48. The monoisotopic (exact) mass is 339 g/mol. The summed E-state index contributed by atoms with van der Waals surface area (Å²) in [5, 5.41) is 3.81. The zero-order valence-corrected chi connectivity index (χ0v) is 16.3. The molecule has 1 aliphatic rings. The van der Waals surface area contributed by atoms with Crippen LogP contribution in [0.3, 0.4) is 0 Å². The number of benzene rings is 1. The molecular formula is C22H29NO2. The van der Waals surface area contributed by atoms with Gasteiger partial charge in [0.05, 0.1) is 13.3 Å². The van der Waals surface area contributed by atoms with E-state index >= 15 is 0 Å². The lowest BCUT2D eigenvalue weighted by atomic mass is 9.62. The van der Waals surface area contributed by atoms with E-state index in [0.717, 1.165) is 23.5 Å². The molecule has 0 atom stereocenters. The summed E-state index contributed by atoms with van der Waals surface area (Å²) >= 11 is 0. The molecule has 0 bridgehead atoms. The third-order valence-corrected chi connectivity index (χ3v) is 5.67. The minimum Gasteiger partial charge on any atom is -0.496 e. The van der Waals surface area contributed by atoms with E-state index in [0.29, 0.717) is 0 Å². The number of nitrogens with zero attached hydrogens (tertiary/aromatic N) is 1. The maximum atomic E-state index is 5.79. The van der Waals surface area contributed by atoms with Crippen LogP contribution < -0.4 is 4.74 Å².